The number of hydrogen-bond donors (Lipinski definition) is 2. The normalized spacial score (nSPS) is 10.7. The Bertz CT molecular complexity index is 664. The standard InChI is InChI=1S/C18H27N5O/c1-14-16(18(22(2)3)23(4)21-14)13-19-10-11-20-17(24)12-15-8-6-5-7-9-15/h5-9,19H,10-13H2,1-4H3,(H,20,24). The maximum absolute atomic E-state index is 11.9. The molecule has 2 rings (SSSR count). The summed E-state index contributed by atoms with van der Waals surface area (Å²) < 4.78 is 1.90. The molecular formula is C18H27N5O. The molecule has 0 spiro atoms. The highest BCUT2D eigenvalue weighted by molar-refractivity contribution is 5.78. The number of amides is 1. The molecule has 0 atom stereocenters. The van der Waals surface area contributed by atoms with Gasteiger partial charge in [-0.05, 0) is 12.5 Å². The molecule has 6 nitrogen and oxygen atoms in total. The van der Waals surface area contributed by atoms with Crippen molar-refractivity contribution < 1.29 is 4.79 Å². The summed E-state index contributed by atoms with van der Waals surface area (Å²) in [4.78, 5) is 14.0. The predicted octanol–water partition coefficient (Wildman–Crippen LogP) is 1.24. The van der Waals surface area contributed by atoms with Crippen LogP contribution in [0.15, 0.2) is 30.3 Å². The minimum absolute atomic E-state index is 0.0505. The van der Waals surface area contributed by atoms with Crippen LogP contribution in [0.1, 0.15) is 16.8 Å². The van der Waals surface area contributed by atoms with Crippen LogP contribution in [0.2, 0.25) is 0 Å². The zero-order valence-electron chi connectivity index (χ0n) is 15.0. The molecule has 1 aromatic heterocycles. The van der Waals surface area contributed by atoms with Gasteiger partial charge in [0.1, 0.15) is 5.82 Å². The van der Waals surface area contributed by atoms with Gasteiger partial charge in [0.25, 0.3) is 0 Å². The molecule has 0 unspecified atom stereocenters. The highest BCUT2D eigenvalue weighted by atomic mass is 16.1. The summed E-state index contributed by atoms with van der Waals surface area (Å²) in [6.07, 6.45) is 0.424. The average Bonchev–Trinajstić information content (AvgIpc) is 2.82. The van der Waals surface area contributed by atoms with Crippen molar-refractivity contribution in [2.45, 2.75) is 19.9 Å². The van der Waals surface area contributed by atoms with Gasteiger partial charge >= 0.3 is 0 Å². The van der Waals surface area contributed by atoms with E-state index in [-0.39, 0.29) is 5.91 Å². The number of anilines is 1. The van der Waals surface area contributed by atoms with Crippen LogP contribution in [0, 0.1) is 6.92 Å². The molecule has 0 aliphatic heterocycles. The monoisotopic (exact) mass is 329 g/mol. The number of carbonyl (C=O) groups is 1. The second-order valence-corrected chi connectivity index (χ2v) is 6.09. The first kappa shape index (κ1) is 18.0. The first-order valence-corrected chi connectivity index (χ1v) is 8.20. The van der Waals surface area contributed by atoms with Crippen molar-refractivity contribution in [1.29, 1.82) is 0 Å². The Morgan fingerprint density at radius 3 is 2.58 bits per heavy atom. The third kappa shape index (κ3) is 4.83. The van der Waals surface area contributed by atoms with Crippen molar-refractivity contribution in [1.82, 2.24) is 20.4 Å². The number of rotatable bonds is 8. The molecule has 6 heteroatoms. The summed E-state index contributed by atoms with van der Waals surface area (Å²) >= 11 is 0. The number of carbonyl (C=O) groups excluding carboxylic acids is 1. The van der Waals surface area contributed by atoms with Gasteiger partial charge in [0, 0.05) is 46.3 Å². The van der Waals surface area contributed by atoms with Gasteiger partial charge in [0.05, 0.1) is 12.1 Å². The van der Waals surface area contributed by atoms with Crippen LogP contribution < -0.4 is 15.5 Å². The number of aryl methyl sites for hydroxylation is 2. The van der Waals surface area contributed by atoms with Crippen LogP contribution in [-0.2, 0) is 24.8 Å². The molecule has 0 bridgehead atoms. The Kier molecular flexibility index (Phi) is 6.37. The van der Waals surface area contributed by atoms with Gasteiger partial charge < -0.3 is 15.5 Å². The summed E-state index contributed by atoms with van der Waals surface area (Å²) in [5, 5.41) is 10.8. The Morgan fingerprint density at radius 2 is 1.92 bits per heavy atom. The van der Waals surface area contributed by atoms with Gasteiger partial charge in [-0.1, -0.05) is 30.3 Å². The summed E-state index contributed by atoms with van der Waals surface area (Å²) in [5.41, 5.74) is 3.25. The van der Waals surface area contributed by atoms with E-state index < -0.39 is 0 Å². The van der Waals surface area contributed by atoms with Gasteiger partial charge in [-0.2, -0.15) is 5.10 Å². The van der Waals surface area contributed by atoms with Crippen LogP contribution in [0.4, 0.5) is 5.82 Å². The number of benzene rings is 1. The SMILES string of the molecule is Cc1nn(C)c(N(C)C)c1CNCCNC(=O)Cc1ccccc1. The van der Waals surface area contributed by atoms with Crippen molar-refractivity contribution in [3.8, 4) is 0 Å². The van der Waals surface area contributed by atoms with E-state index in [0.29, 0.717) is 13.0 Å². The van der Waals surface area contributed by atoms with E-state index in [9.17, 15) is 4.79 Å². The van der Waals surface area contributed by atoms with Crippen molar-refractivity contribution in [3.63, 3.8) is 0 Å². The molecule has 1 heterocycles. The second kappa shape index (κ2) is 8.49. The molecule has 0 saturated heterocycles. The van der Waals surface area contributed by atoms with E-state index >= 15 is 0 Å². The fourth-order valence-corrected chi connectivity index (χ4v) is 2.80. The molecule has 0 aliphatic rings. The number of hydrogen-bond acceptors (Lipinski definition) is 4. The van der Waals surface area contributed by atoms with E-state index in [0.717, 1.165) is 30.2 Å². The van der Waals surface area contributed by atoms with Crippen LogP contribution in [-0.4, -0.2) is 42.9 Å². The fourth-order valence-electron chi connectivity index (χ4n) is 2.80. The van der Waals surface area contributed by atoms with Gasteiger partial charge in [0.15, 0.2) is 0 Å². The quantitative estimate of drug-likeness (QED) is 0.716. The molecule has 0 radical (unpaired) electrons. The Labute approximate surface area is 143 Å². The predicted molar refractivity (Wildman–Crippen MR) is 97.1 cm³/mol. The fraction of sp³-hybridized carbons (Fsp3) is 0.444. The van der Waals surface area contributed by atoms with Crippen LogP contribution >= 0.6 is 0 Å². The zero-order valence-corrected chi connectivity index (χ0v) is 15.0. The molecule has 2 N–H and O–H groups in total. The lowest BCUT2D eigenvalue weighted by Gasteiger charge is -2.15. The lowest BCUT2D eigenvalue weighted by Crippen LogP contribution is -2.32. The minimum atomic E-state index is 0.0505. The molecule has 2 aromatic rings. The minimum Gasteiger partial charge on any atom is -0.363 e. The van der Waals surface area contributed by atoms with Gasteiger partial charge in [-0.15, -0.1) is 0 Å². The van der Waals surface area contributed by atoms with E-state index in [4.69, 9.17) is 0 Å². The van der Waals surface area contributed by atoms with Gasteiger partial charge in [-0.3, -0.25) is 9.48 Å². The number of nitrogens with one attached hydrogen (secondary N) is 2. The topological polar surface area (TPSA) is 62.2 Å². The zero-order chi connectivity index (χ0) is 17.5. The Morgan fingerprint density at radius 1 is 1.21 bits per heavy atom. The molecule has 24 heavy (non-hydrogen) atoms. The maximum Gasteiger partial charge on any atom is 0.224 e. The Hall–Kier alpha value is -2.34. The molecule has 1 amide bonds. The number of nitrogens with zero attached hydrogens (tertiary/aromatic N) is 3. The van der Waals surface area contributed by atoms with Crippen LogP contribution in [0.25, 0.3) is 0 Å². The Balaban J connectivity index is 1.73. The van der Waals surface area contributed by atoms with Crippen molar-refractivity contribution in [2.75, 3.05) is 32.1 Å². The van der Waals surface area contributed by atoms with Crippen molar-refractivity contribution >= 4 is 11.7 Å². The first-order chi connectivity index (χ1) is 11.5. The first-order valence-electron chi connectivity index (χ1n) is 8.20. The van der Waals surface area contributed by atoms with Gasteiger partial charge in [0.2, 0.25) is 5.91 Å². The van der Waals surface area contributed by atoms with Crippen molar-refractivity contribution in [3.05, 3.63) is 47.2 Å². The van der Waals surface area contributed by atoms with Crippen molar-refractivity contribution in [2.24, 2.45) is 7.05 Å². The van der Waals surface area contributed by atoms with Crippen LogP contribution in [0.3, 0.4) is 0 Å². The average molecular weight is 329 g/mol. The largest absolute Gasteiger partial charge is 0.363 e. The molecule has 0 fully saturated rings. The molecule has 130 valence electrons. The number of aromatic nitrogens is 2. The summed E-state index contributed by atoms with van der Waals surface area (Å²) in [6.45, 7) is 4.09. The smallest absolute Gasteiger partial charge is 0.224 e. The van der Waals surface area contributed by atoms with Gasteiger partial charge in [-0.25, -0.2) is 0 Å². The van der Waals surface area contributed by atoms with E-state index in [2.05, 4.69) is 20.6 Å². The van der Waals surface area contributed by atoms with E-state index in [1.54, 1.807) is 0 Å². The van der Waals surface area contributed by atoms with E-state index in [1.807, 2.05) is 63.1 Å². The molecule has 0 saturated carbocycles. The molecule has 0 aliphatic carbocycles. The van der Waals surface area contributed by atoms with E-state index in [1.165, 1.54) is 5.56 Å². The lowest BCUT2D eigenvalue weighted by atomic mass is 10.1. The van der Waals surface area contributed by atoms with Crippen LogP contribution in [0.5, 0.6) is 0 Å². The summed E-state index contributed by atoms with van der Waals surface area (Å²) in [6, 6.07) is 9.77. The summed E-state index contributed by atoms with van der Waals surface area (Å²) in [7, 11) is 5.99. The third-order valence-electron chi connectivity index (χ3n) is 3.87. The maximum atomic E-state index is 11.9. The highest BCUT2D eigenvalue weighted by Gasteiger charge is 2.14. The molecular weight excluding hydrogens is 302 g/mol. The second-order valence-electron chi connectivity index (χ2n) is 6.09. The lowest BCUT2D eigenvalue weighted by molar-refractivity contribution is -0.120. The molecule has 1 aromatic carbocycles. The summed E-state index contributed by atoms with van der Waals surface area (Å²) in [5.74, 6) is 1.16. The third-order valence-corrected chi connectivity index (χ3v) is 3.87. The highest BCUT2D eigenvalue weighted by Crippen LogP contribution is 2.20.